The highest BCUT2D eigenvalue weighted by Gasteiger charge is 2.22. The highest BCUT2D eigenvalue weighted by Crippen LogP contribution is 2.23. The van der Waals surface area contributed by atoms with Crippen molar-refractivity contribution in [3.05, 3.63) is 28.0 Å². The molecule has 1 fully saturated rings. The number of rotatable bonds is 4. The summed E-state index contributed by atoms with van der Waals surface area (Å²) in [5, 5.41) is 2.90. The molecule has 2 rings (SSSR count). The van der Waals surface area contributed by atoms with E-state index in [9.17, 15) is 9.18 Å². The molecule has 0 saturated carbocycles. The largest absolute Gasteiger partial charge is 0.396 e. The Hall–Kier alpha value is -1.14. The molecule has 0 bridgehead atoms. The molecule has 4 nitrogen and oxygen atoms in total. The van der Waals surface area contributed by atoms with Gasteiger partial charge >= 0.3 is 0 Å². The Kier molecular flexibility index (Phi) is 4.99. The van der Waals surface area contributed by atoms with Crippen molar-refractivity contribution < 1.29 is 9.18 Å². The van der Waals surface area contributed by atoms with Crippen LogP contribution < -0.4 is 11.1 Å². The average Bonchev–Trinajstić information content (AvgIpc) is 2.88. The molecule has 1 unspecified atom stereocenters. The quantitative estimate of drug-likeness (QED) is 0.824. The maximum absolute atomic E-state index is 13.2. The molecule has 1 atom stereocenters. The standard InChI is InChI=1S/C14H19BrFN3O/c1-2-19-4-3-9(8-19)7-18-14(20)10-5-13(17)12(16)6-11(10)15/h5-6,9H,2-4,7-8,17H2,1H3,(H,18,20). The van der Waals surface area contributed by atoms with Gasteiger partial charge in [-0.25, -0.2) is 4.39 Å². The fourth-order valence-corrected chi connectivity index (χ4v) is 2.93. The van der Waals surface area contributed by atoms with E-state index < -0.39 is 5.82 Å². The van der Waals surface area contributed by atoms with Crippen molar-refractivity contribution in [3.63, 3.8) is 0 Å². The van der Waals surface area contributed by atoms with Gasteiger partial charge in [-0.15, -0.1) is 0 Å². The third-order valence-corrected chi connectivity index (χ3v) is 4.36. The summed E-state index contributed by atoms with van der Waals surface area (Å²) in [6.45, 7) is 5.93. The molecule has 110 valence electrons. The van der Waals surface area contributed by atoms with Gasteiger partial charge in [0.25, 0.3) is 5.91 Å². The highest BCUT2D eigenvalue weighted by molar-refractivity contribution is 9.10. The van der Waals surface area contributed by atoms with Gasteiger partial charge in [0.15, 0.2) is 0 Å². The second kappa shape index (κ2) is 6.54. The van der Waals surface area contributed by atoms with Gasteiger partial charge in [0.2, 0.25) is 0 Å². The van der Waals surface area contributed by atoms with Gasteiger partial charge in [0, 0.05) is 17.6 Å². The number of anilines is 1. The lowest BCUT2D eigenvalue weighted by molar-refractivity contribution is 0.0946. The predicted molar refractivity (Wildman–Crippen MR) is 81.1 cm³/mol. The van der Waals surface area contributed by atoms with Crippen molar-refractivity contribution >= 4 is 27.5 Å². The zero-order chi connectivity index (χ0) is 14.7. The molecule has 1 amide bonds. The molecule has 0 aromatic heterocycles. The third-order valence-electron chi connectivity index (χ3n) is 3.70. The van der Waals surface area contributed by atoms with Crippen LogP contribution in [0.3, 0.4) is 0 Å². The number of likely N-dealkylation sites (tertiary alicyclic amines) is 1. The van der Waals surface area contributed by atoms with Crippen LogP contribution in [0.2, 0.25) is 0 Å². The second-order valence-electron chi connectivity index (χ2n) is 5.11. The Balaban J connectivity index is 1.94. The van der Waals surface area contributed by atoms with Gasteiger partial charge in [-0.2, -0.15) is 0 Å². The third kappa shape index (κ3) is 3.49. The molecule has 1 aromatic carbocycles. The van der Waals surface area contributed by atoms with Crippen LogP contribution in [0.15, 0.2) is 16.6 Å². The van der Waals surface area contributed by atoms with Crippen molar-refractivity contribution in [2.24, 2.45) is 5.92 Å². The van der Waals surface area contributed by atoms with Gasteiger partial charge in [-0.3, -0.25) is 4.79 Å². The van der Waals surface area contributed by atoms with E-state index in [2.05, 4.69) is 33.1 Å². The fraction of sp³-hybridized carbons (Fsp3) is 0.500. The molecule has 6 heteroatoms. The van der Waals surface area contributed by atoms with Crippen molar-refractivity contribution in [1.82, 2.24) is 10.2 Å². The number of nitrogens with one attached hydrogen (secondary N) is 1. The molecule has 0 spiro atoms. The average molecular weight is 344 g/mol. The normalized spacial score (nSPS) is 19.2. The lowest BCUT2D eigenvalue weighted by Crippen LogP contribution is -2.31. The van der Waals surface area contributed by atoms with Crippen LogP contribution in [0.25, 0.3) is 0 Å². The molecule has 1 saturated heterocycles. The van der Waals surface area contributed by atoms with Crippen molar-refractivity contribution in [2.75, 3.05) is 31.9 Å². The monoisotopic (exact) mass is 343 g/mol. The maximum atomic E-state index is 13.2. The topological polar surface area (TPSA) is 58.4 Å². The summed E-state index contributed by atoms with van der Waals surface area (Å²) in [4.78, 5) is 14.5. The number of carbonyl (C=O) groups excluding carboxylic acids is 1. The second-order valence-corrected chi connectivity index (χ2v) is 5.97. The molecule has 3 N–H and O–H groups in total. The number of nitrogens with two attached hydrogens (primary N) is 1. The van der Waals surface area contributed by atoms with E-state index in [1.165, 1.54) is 12.1 Å². The number of hydrogen-bond acceptors (Lipinski definition) is 3. The summed E-state index contributed by atoms with van der Waals surface area (Å²) in [5.74, 6) is -0.267. The number of nitrogens with zero attached hydrogens (tertiary/aromatic N) is 1. The minimum atomic E-state index is -0.525. The van der Waals surface area contributed by atoms with E-state index in [0.717, 1.165) is 26.1 Å². The van der Waals surface area contributed by atoms with Gasteiger partial charge in [0.1, 0.15) is 5.82 Å². The Morgan fingerprint density at radius 1 is 1.60 bits per heavy atom. The first kappa shape index (κ1) is 15.3. The number of halogens is 2. The van der Waals surface area contributed by atoms with E-state index in [0.29, 0.717) is 22.5 Å². The Morgan fingerprint density at radius 3 is 3.00 bits per heavy atom. The first-order valence-electron chi connectivity index (χ1n) is 6.76. The Morgan fingerprint density at radius 2 is 2.35 bits per heavy atom. The van der Waals surface area contributed by atoms with Crippen molar-refractivity contribution in [3.8, 4) is 0 Å². The molecule has 1 heterocycles. The van der Waals surface area contributed by atoms with E-state index in [1.54, 1.807) is 0 Å². The molecule has 0 radical (unpaired) electrons. The van der Waals surface area contributed by atoms with Crippen LogP contribution in [0.1, 0.15) is 23.7 Å². The summed E-state index contributed by atoms with van der Waals surface area (Å²) < 4.78 is 13.7. The summed E-state index contributed by atoms with van der Waals surface area (Å²) in [6, 6.07) is 2.58. The predicted octanol–water partition coefficient (Wildman–Crippen LogP) is 2.24. The molecule has 20 heavy (non-hydrogen) atoms. The van der Waals surface area contributed by atoms with Gasteiger partial charge in [-0.1, -0.05) is 6.92 Å². The molecule has 0 aliphatic carbocycles. The summed E-state index contributed by atoms with van der Waals surface area (Å²) >= 11 is 3.19. The van der Waals surface area contributed by atoms with Gasteiger partial charge in [0.05, 0.1) is 11.3 Å². The van der Waals surface area contributed by atoms with Crippen LogP contribution in [0.4, 0.5) is 10.1 Å². The van der Waals surface area contributed by atoms with E-state index in [1.807, 2.05) is 0 Å². The van der Waals surface area contributed by atoms with Crippen LogP contribution in [0.5, 0.6) is 0 Å². The summed E-state index contributed by atoms with van der Waals surface area (Å²) in [5.41, 5.74) is 5.85. The molecule has 1 aromatic rings. The van der Waals surface area contributed by atoms with Crippen molar-refractivity contribution in [1.29, 1.82) is 0 Å². The number of benzene rings is 1. The van der Waals surface area contributed by atoms with E-state index in [4.69, 9.17) is 5.73 Å². The molecule has 1 aliphatic rings. The summed E-state index contributed by atoms with van der Waals surface area (Å²) in [7, 11) is 0. The first-order chi connectivity index (χ1) is 9.51. The minimum Gasteiger partial charge on any atom is -0.396 e. The number of carbonyl (C=O) groups is 1. The SMILES string of the molecule is CCN1CCC(CNC(=O)c2cc(N)c(F)cc2Br)C1. The lowest BCUT2D eigenvalue weighted by Gasteiger charge is -2.14. The fourth-order valence-electron chi connectivity index (χ4n) is 2.44. The van der Waals surface area contributed by atoms with Gasteiger partial charge < -0.3 is 16.0 Å². The zero-order valence-corrected chi connectivity index (χ0v) is 13.0. The Labute approximate surface area is 126 Å². The van der Waals surface area contributed by atoms with Gasteiger partial charge in [-0.05, 0) is 53.5 Å². The maximum Gasteiger partial charge on any atom is 0.252 e. The Bertz CT molecular complexity index is 509. The summed E-state index contributed by atoms with van der Waals surface area (Å²) in [6.07, 6.45) is 1.10. The lowest BCUT2D eigenvalue weighted by atomic mass is 10.1. The van der Waals surface area contributed by atoms with Crippen LogP contribution in [-0.2, 0) is 0 Å². The first-order valence-corrected chi connectivity index (χ1v) is 7.55. The van der Waals surface area contributed by atoms with Crippen LogP contribution in [-0.4, -0.2) is 37.0 Å². The van der Waals surface area contributed by atoms with Crippen LogP contribution in [0, 0.1) is 11.7 Å². The highest BCUT2D eigenvalue weighted by atomic mass is 79.9. The smallest absolute Gasteiger partial charge is 0.252 e. The van der Waals surface area contributed by atoms with E-state index >= 15 is 0 Å². The molecular formula is C14H19BrFN3O. The number of amides is 1. The van der Waals surface area contributed by atoms with Crippen molar-refractivity contribution in [2.45, 2.75) is 13.3 Å². The number of nitrogen functional groups attached to an aromatic ring is 1. The minimum absolute atomic E-state index is 0.0172. The van der Waals surface area contributed by atoms with Crippen LogP contribution >= 0.6 is 15.9 Å². The molecule has 1 aliphatic heterocycles. The molecular weight excluding hydrogens is 325 g/mol. The number of hydrogen-bond donors (Lipinski definition) is 2. The van der Waals surface area contributed by atoms with E-state index in [-0.39, 0.29) is 11.6 Å². The zero-order valence-electron chi connectivity index (χ0n) is 11.5.